The molecule has 3 rings (SSSR count). The Bertz CT molecular complexity index is 1100. The summed E-state index contributed by atoms with van der Waals surface area (Å²) in [4.78, 5) is 13.4. The average molecular weight is 482 g/mol. The highest BCUT2D eigenvalue weighted by Crippen LogP contribution is 2.37. The van der Waals surface area contributed by atoms with E-state index in [2.05, 4.69) is 0 Å². The van der Waals surface area contributed by atoms with Crippen molar-refractivity contribution >= 4 is 58.4 Å². The molecule has 4 nitrogen and oxygen atoms in total. The van der Waals surface area contributed by atoms with E-state index in [4.69, 9.17) is 34.8 Å². The maximum Gasteiger partial charge on any atom is 0.199 e. The van der Waals surface area contributed by atoms with Gasteiger partial charge in [-0.3, -0.25) is 4.79 Å². The fourth-order valence-corrected chi connectivity index (χ4v) is 3.99. The Morgan fingerprint density at radius 2 is 1.50 bits per heavy atom. The minimum Gasteiger partial charge on any atom is -0.508 e. The largest absolute Gasteiger partial charge is 0.508 e. The molecule has 0 bridgehead atoms. The molecule has 0 aliphatic carbocycles. The van der Waals surface area contributed by atoms with E-state index in [-0.39, 0.29) is 33.5 Å². The van der Waals surface area contributed by atoms with Crippen LogP contribution >= 0.6 is 46.6 Å². The number of halogens is 3. The van der Waals surface area contributed by atoms with Gasteiger partial charge in [0.15, 0.2) is 5.78 Å². The molecule has 0 amide bonds. The van der Waals surface area contributed by atoms with Crippen LogP contribution in [0, 0.1) is 0 Å². The van der Waals surface area contributed by atoms with Gasteiger partial charge in [-0.2, -0.15) is 0 Å². The first-order valence-electron chi connectivity index (χ1n) is 8.58. The van der Waals surface area contributed by atoms with Crippen LogP contribution in [0.2, 0.25) is 15.1 Å². The van der Waals surface area contributed by atoms with Crippen molar-refractivity contribution in [1.29, 1.82) is 0 Å². The molecule has 0 aromatic heterocycles. The van der Waals surface area contributed by atoms with E-state index in [0.29, 0.717) is 26.4 Å². The third-order valence-corrected chi connectivity index (χ3v) is 6.19. The van der Waals surface area contributed by atoms with Crippen LogP contribution in [0.5, 0.6) is 17.2 Å². The van der Waals surface area contributed by atoms with E-state index < -0.39 is 0 Å². The van der Waals surface area contributed by atoms with Gasteiger partial charge in [0.1, 0.15) is 17.2 Å². The monoisotopic (exact) mass is 480 g/mol. The van der Waals surface area contributed by atoms with Gasteiger partial charge in [0.25, 0.3) is 0 Å². The number of benzene rings is 3. The summed E-state index contributed by atoms with van der Waals surface area (Å²) in [7, 11) is 0. The molecule has 0 saturated carbocycles. The van der Waals surface area contributed by atoms with Gasteiger partial charge < -0.3 is 15.3 Å². The molecule has 3 N–H and O–H groups in total. The molecule has 8 heteroatoms. The Hall–Kier alpha value is -2.31. The van der Waals surface area contributed by atoms with Crippen LogP contribution in [0.15, 0.2) is 59.5 Å². The Kier molecular flexibility index (Phi) is 7.21. The molecular weight excluding hydrogens is 467 g/mol. The highest BCUT2D eigenvalue weighted by molar-refractivity contribution is 8.03. The summed E-state index contributed by atoms with van der Waals surface area (Å²) in [5, 5.41) is 31.1. The van der Waals surface area contributed by atoms with Crippen molar-refractivity contribution in [3.63, 3.8) is 0 Å². The number of carbonyl (C=O) groups is 1. The second-order valence-electron chi connectivity index (χ2n) is 6.28. The third-order valence-electron chi connectivity index (χ3n) is 4.11. The van der Waals surface area contributed by atoms with E-state index in [1.807, 2.05) is 0 Å². The summed E-state index contributed by atoms with van der Waals surface area (Å²) in [6.07, 6.45) is 1.38. The van der Waals surface area contributed by atoms with Gasteiger partial charge in [0.05, 0.1) is 20.5 Å². The van der Waals surface area contributed by atoms with Crippen LogP contribution in [0.3, 0.4) is 0 Å². The second-order valence-corrected chi connectivity index (χ2v) is 8.55. The number of Topliss-reactive ketones (excluding diaryl/α,β-unsaturated/α-hetero) is 1. The number of rotatable bonds is 6. The summed E-state index contributed by atoms with van der Waals surface area (Å²) in [5.41, 5.74) is 1.25. The van der Waals surface area contributed by atoms with Crippen molar-refractivity contribution in [1.82, 2.24) is 0 Å². The molecule has 3 aromatic rings. The van der Waals surface area contributed by atoms with Crippen LogP contribution < -0.4 is 0 Å². The molecule has 0 spiro atoms. The normalized spacial score (nSPS) is 11.5. The lowest BCUT2D eigenvalue weighted by atomic mass is 10.1. The lowest BCUT2D eigenvalue weighted by Gasteiger charge is -2.10. The third kappa shape index (κ3) is 5.43. The number of allylic oxidation sites excluding steroid dienone is 1. The Balaban J connectivity index is 1.98. The summed E-state index contributed by atoms with van der Waals surface area (Å²) < 4.78 is 0. The van der Waals surface area contributed by atoms with Crippen molar-refractivity contribution in [2.24, 2.45) is 0 Å². The van der Waals surface area contributed by atoms with Crippen molar-refractivity contribution in [2.45, 2.75) is 5.75 Å². The van der Waals surface area contributed by atoms with E-state index in [9.17, 15) is 20.1 Å². The molecule has 0 unspecified atom stereocenters. The molecule has 0 radical (unpaired) electrons. The number of hydrogen-bond donors (Lipinski definition) is 3. The molecule has 0 heterocycles. The van der Waals surface area contributed by atoms with Crippen LogP contribution in [0.25, 0.3) is 6.08 Å². The Labute approximate surface area is 192 Å². The van der Waals surface area contributed by atoms with Crippen molar-refractivity contribution in [3.05, 3.63) is 91.3 Å². The first kappa shape index (κ1) is 22.4. The SMILES string of the molecule is O=C(/C(=C\c1c(O)cc(O)cc1O)SCc1ccc(Cl)c(Cl)c1)c1ccc(Cl)cc1. The first-order valence-corrected chi connectivity index (χ1v) is 10.7. The van der Waals surface area contributed by atoms with Gasteiger partial charge in [0.2, 0.25) is 0 Å². The molecule has 0 atom stereocenters. The van der Waals surface area contributed by atoms with Gasteiger partial charge in [-0.1, -0.05) is 40.9 Å². The zero-order valence-corrected chi connectivity index (χ0v) is 18.4. The lowest BCUT2D eigenvalue weighted by molar-refractivity contribution is 0.104. The van der Waals surface area contributed by atoms with E-state index in [1.54, 1.807) is 42.5 Å². The number of hydrogen-bond acceptors (Lipinski definition) is 5. The minimum atomic E-state index is -0.357. The molecule has 0 saturated heterocycles. The van der Waals surface area contributed by atoms with Gasteiger partial charge in [-0.15, -0.1) is 11.8 Å². The van der Waals surface area contributed by atoms with Gasteiger partial charge in [-0.05, 0) is 48.0 Å². The van der Waals surface area contributed by atoms with Crippen LogP contribution in [0.4, 0.5) is 0 Å². The predicted octanol–water partition coefficient (Wildman–Crippen LogP) is 6.92. The molecular formula is C22H15Cl3O4S. The summed E-state index contributed by atoms with van der Waals surface area (Å²) >= 11 is 19.1. The maximum atomic E-state index is 13.1. The average Bonchev–Trinajstić information content (AvgIpc) is 2.69. The number of thioether (sulfide) groups is 1. The standard InChI is InChI=1S/C22H15Cl3O4S/c23-14-4-2-13(3-5-14)22(29)21(10-16-19(27)8-15(26)9-20(16)28)30-11-12-1-6-17(24)18(25)7-12/h1-10,26-28H,11H2/b21-10+. The van der Waals surface area contributed by atoms with E-state index >= 15 is 0 Å². The summed E-state index contributed by atoms with van der Waals surface area (Å²) in [5.74, 6) is -0.936. The van der Waals surface area contributed by atoms with Crippen LogP contribution in [-0.4, -0.2) is 21.1 Å². The highest BCUT2D eigenvalue weighted by Gasteiger charge is 2.17. The number of aromatic hydroxyl groups is 3. The fourth-order valence-electron chi connectivity index (χ4n) is 2.59. The van der Waals surface area contributed by atoms with Crippen LogP contribution in [0.1, 0.15) is 21.5 Å². The van der Waals surface area contributed by atoms with Crippen molar-refractivity contribution in [3.8, 4) is 17.2 Å². The second kappa shape index (κ2) is 9.67. The van der Waals surface area contributed by atoms with Gasteiger partial charge >= 0.3 is 0 Å². The quantitative estimate of drug-likeness (QED) is 0.263. The predicted molar refractivity (Wildman–Crippen MR) is 123 cm³/mol. The molecule has 3 aromatic carbocycles. The lowest BCUT2D eigenvalue weighted by Crippen LogP contribution is -2.01. The Morgan fingerprint density at radius 3 is 2.10 bits per heavy atom. The summed E-state index contributed by atoms with van der Waals surface area (Å²) in [6.45, 7) is 0. The molecule has 0 aliphatic rings. The van der Waals surface area contributed by atoms with Gasteiger partial charge in [0, 0.05) is 28.5 Å². The molecule has 0 fully saturated rings. The highest BCUT2D eigenvalue weighted by atomic mass is 35.5. The number of ketones is 1. The van der Waals surface area contributed by atoms with Crippen molar-refractivity contribution < 1.29 is 20.1 Å². The van der Waals surface area contributed by atoms with Crippen LogP contribution in [-0.2, 0) is 5.75 Å². The van der Waals surface area contributed by atoms with Crippen molar-refractivity contribution in [2.75, 3.05) is 0 Å². The first-order chi connectivity index (χ1) is 14.2. The van der Waals surface area contributed by atoms with Gasteiger partial charge in [-0.25, -0.2) is 0 Å². The topological polar surface area (TPSA) is 77.8 Å². The maximum absolute atomic E-state index is 13.1. The Morgan fingerprint density at radius 1 is 0.867 bits per heavy atom. The minimum absolute atomic E-state index is 0.0201. The number of phenolic OH excluding ortho intramolecular Hbond substituents is 3. The van der Waals surface area contributed by atoms with E-state index in [1.165, 1.54) is 17.8 Å². The number of carbonyl (C=O) groups excluding carboxylic acids is 1. The van der Waals surface area contributed by atoms with E-state index in [0.717, 1.165) is 17.7 Å². The zero-order chi connectivity index (χ0) is 21.8. The molecule has 0 aliphatic heterocycles. The fraction of sp³-hybridized carbons (Fsp3) is 0.0455. The zero-order valence-electron chi connectivity index (χ0n) is 15.3. The summed E-state index contributed by atoms with van der Waals surface area (Å²) in [6, 6.07) is 13.7. The number of phenols is 3. The smallest absolute Gasteiger partial charge is 0.199 e. The molecule has 154 valence electrons. The molecule has 30 heavy (non-hydrogen) atoms.